The van der Waals surface area contributed by atoms with Gasteiger partial charge in [0.05, 0.1) is 25.2 Å². The molecule has 0 aliphatic carbocycles. The summed E-state index contributed by atoms with van der Waals surface area (Å²) in [5, 5.41) is 4.10. The number of H-pyrrole nitrogens is 1. The average molecular weight is 380 g/mol. The quantitative estimate of drug-likeness (QED) is 0.733. The second-order valence-electron chi connectivity index (χ2n) is 6.85. The summed E-state index contributed by atoms with van der Waals surface area (Å²) in [4.78, 5) is 28.9. The number of fused-ring (bicyclic) bond motifs is 1. The number of nitrogens with one attached hydrogen (secondary N) is 1. The molecule has 1 amide bonds. The lowest BCUT2D eigenvalue weighted by Crippen LogP contribution is -2.40. The van der Waals surface area contributed by atoms with E-state index in [1.54, 1.807) is 29.7 Å². The molecule has 1 unspecified atom stereocenters. The zero-order valence-corrected chi connectivity index (χ0v) is 15.2. The number of hydrogen-bond donors (Lipinski definition) is 1. The van der Waals surface area contributed by atoms with Crippen LogP contribution in [0.1, 0.15) is 33.5 Å². The number of amides is 1. The van der Waals surface area contributed by atoms with Gasteiger partial charge in [0, 0.05) is 50.2 Å². The van der Waals surface area contributed by atoms with Crippen LogP contribution >= 0.6 is 0 Å². The van der Waals surface area contributed by atoms with Crippen LogP contribution in [0.2, 0.25) is 0 Å². The summed E-state index contributed by atoms with van der Waals surface area (Å²) >= 11 is 0. The Morgan fingerprint density at radius 3 is 2.82 bits per heavy atom. The molecule has 3 aromatic rings. The maximum Gasteiger partial charge on any atom is 0.293 e. The molecule has 1 atom stereocenters. The number of hydrogen-bond acceptors (Lipinski definition) is 7. The number of rotatable bonds is 3. The van der Waals surface area contributed by atoms with Crippen LogP contribution in [0.5, 0.6) is 0 Å². The van der Waals surface area contributed by atoms with E-state index < -0.39 is 0 Å². The minimum Gasteiger partial charge on any atom is -0.378 e. The van der Waals surface area contributed by atoms with Crippen LogP contribution in [-0.2, 0) is 11.2 Å². The van der Waals surface area contributed by atoms with Crippen LogP contribution in [0, 0.1) is 0 Å². The lowest BCUT2D eigenvalue weighted by molar-refractivity contribution is 0.0648. The summed E-state index contributed by atoms with van der Waals surface area (Å²) in [6, 6.07) is 5.25. The van der Waals surface area contributed by atoms with Crippen LogP contribution < -0.4 is 4.90 Å². The molecule has 1 N–H and O–H groups in total. The topological polar surface area (TPSA) is 100 Å². The second-order valence-corrected chi connectivity index (χ2v) is 6.85. The maximum atomic E-state index is 13.3. The van der Waals surface area contributed by atoms with Gasteiger partial charge in [-0.15, -0.1) is 0 Å². The van der Waals surface area contributed by atoms with E-state index in [9.17, 15) is 4.79 Å². The van der Waals surface area contributed by atoms with Crippen molar-refractivity contribution in [1.82, 2.24) is 25.0 Å². The highest BCUT2D eigenvalue weighted by Gasteiger charge is 2.36. The Kier molecular flexibility index (Phi) is 4.28. The number of aromatic nitrogens is 4. The number of nitrogens with zero attached hydrogens (tertiary/aromatic N) is 5. The highest BCUT2D eigenvalue weighted by atomic mass is 16.5. The summed E-state index contributed by atoms with van der Waals surface area (Å²) < 4.78 is 10.8. The van der Waals surface area contributed by atoms with Crippen LogP contribution in [0.4, 0.5) is 5.82 Å². The standard InChI is InChI=1S/C19H20N6O3/c26-19(15-11-16(23-28-15)24-7-9-27-10-8-24)25-6-3-14-17(22-12-21-14)18(25)13-1-4-20-5-2-13/h1-2,4-5,11-12,18H,3,6-10H2,(H,21,22). The summed E-state index contributed by atoms with van der Waals surface area (Å²) in [7, 11) is 0. The van der Waals surface area contributed by atoms with Crippen LogP contribution in [0.15, 0.2) is 41.4 Å². The largest absolute Gasteiger partial charge is 0.378 e. The van der Waals surface area contributed by atoms with Crippen molar-refractivity contribution in [3.63, 3.8) is 0 Å². The third-order valence-electron chi connectivity index (χ3n) is 5.25. The normalized spacial score (nSPS) is 19.5. The van der Waals surface area contributed by atoms with Gasteiger partial charge in [0.15, 0.2) is 5.82 Å². The summed E-state index contributed by atoms with van der Waals surface area (Å²) in [5.74, 6) is 0.714. The molecule has 0 bridgehead atoms. The number of carbonyl (C=O) groups excluding carboxylic acids is 1. The minimum absolute atomic E-state index is 0.192. The monoisotopic (exact) mass is 380 g/mol. The van der Waals surface area contributed by atoms with Gasteiger partial charge in [-0.1, -0.05) is 5.16 Å². The number of anilines is 1. The Morgan fingerprint density at radius 1 is 1.18 bits per heavy atom. The van der Waals surface area contributed by atoms with Crippen molar-refractivity contribution < 1.29 is 14.1 Å². The molecule has 144 valence electrons. The molecule has 1 fully saturated rings. The van der Waals surface area contributed by atoms with E-state index in [2.05, 4.69) is 25.0 Å². The van der Waals surface area contributed by atoms with E-state index in [0.29, 0.717) is 32.0 Å². The number of aromatic amines is 1. The van der Waals surface area contributed by atoms with Crippen molar-refractivity contribution in [3.05, 3.63) is 59.6 Å². The summed E-state index contributed by atoms with van der Waals surface area (Å²) in [5.41, 5.74) is 2.88. The van der Waals surface area contributed by atoms with Gasteiger partial charge in [0.25, 0.3) is 5.91 Å². The summed E-state index contributed by atoms with van der Waals surface area (Å²) in [6.45, 7) is 3.33. The van der Waals surface area contributed by atoms with Gasteiger partial charge >= 0.3 is 0 Å². The molecule has 3 aromatic heterocycles. The van der Waals surface area contributed by atoms with Crippen molar-refractivity contribution in [2.45, 2.75) is 12.5 Å². The third kappa shape index (κ3) is 2.93. The molecule has 0 radical (unpaired) electrons. The van der Waals surface area contributed by atoms with Gasteiger partial charge in [0.1, 0.15) is 6.04 Å². The lowest BCUT2D eigenvalue weighted by Gasteiger charge is -2.34. The molecule has 0 aromatic carbocycles. The van der Waals surface area contributed by atoms with Gasteiger partial charge in [0.2, 0.25) is 5.76 Å². The van der Waals surface area contributed by atoms with E-state index in [0.717, 1.165) is 30.0 Å². The van der Waals surface area contributed by atoms with Gasteiger partial charge in [-0.05, 0) is 17.7 Å². The fraction of sp³-hybridized carbons (Fsp3) is 0.368. The number of ether oxygens (including phenoxy) is 1. The van der Waals surface area contributed by atoms with Gasteiger partial charge in [-0.3, -0.25) is 9.78 Å². The van der Waals surface area contributed by atoms with E-state index in [1.807, 2.05) is 12.1 Å². The van der Waals surface area contributed by atoms with Gasteiger partial charge in [-0.2, -0.15) is 0 Å². The second kappa shape index (κ2) is 7.08. The number of carbonyl (C=O) groups is 1. The van der Waals surface area contributed by atoms with Crippen LogP contribution in [0.3, 0.4) is 0 Å². The van der Waals surface area contributed by atoms with Crippen molar-refractivity contribution in [3.8, 4) is 0 Å². The van der Waals surface area contributed by atoms with Crippen molar-refractivity contribution in [2.75, 3.05) is 37.7 Å². The molecule has 9 heteroatoms. The zero-order chi connectivity index (χ0) is 18.9. The Hall–Kier alpha value is -3.20. The fourth-order valence-electron chi connectivity index (χ4n) is 3.83. The number of pyridine rings is 1. The first kappa shape index (κ1) is 16.9. The summed E-state index contributed by atoms with van der Waals surface area (Å²) in [6.07, 6.45) is 5.85. The molecule has 5 rings (SSSR count). The van der Waals surface area contributed by atoms with Gasteiger partial charge in [-0.25, -0.2) is 4.98 Å². The highest BCUT2D eigenvalue weighted by molar-refractivity contribution is 5.93. The molecule has 28 heavy (non-hydrogen) atoms. The molecular weight excluding hydrogens is 360 g/mol. The Balaban J connectivity index is 1.46. The number of imidazole rings is 1. The molecular formula is C19H20N6O3. The first-order valence-electron chi connectivity index (χ1n) is 9.34. The van der Waals surface area contributed by atoms with Crippen molar-refractivity contribution in [2.24, 2.45) is 0 Å². The first-order valence-corrected chi connectivity index (χ1v) is 9.34. The highest BCUT2D eigenvalue weighted by Crippen LogP contribution is 2.34. The Morgan fingerprint density at radius 2 is 2.00 bits per heavy atom. The molecule has 9 nitrogen and oxygen atoms in total. The minimum atomic E-state index is -0.289. The Labute approximate surface area is 161 Å². The number of morpholine rings is 1. The molecule has 1 saturated heterocycles. The maximum absolute atomic E-state index is 13.3. The van der Waals surface area contributed by atoms with E-state index in [-0.39, 0.29) is 17.7 Å². The van der Waals surface area contributed by atoms with E-state index in [1.165, 1.54) is 0 Å². The molecule has 2 aliphatic rings. The van der Waals surface area contributed by atoms with Crippen molar-refractivity contribution in [1.29, 1.82) is 0 Å². The Bertz CT molecular complexity index is 963. The van der Waals surface area contributed by atoms with E-state index >= 15 is 0 Å². The smallest absolute Gasteiger partial charge is 0.293 e. The average Bonchev–Trinajstić information content (AvgIpc) is 3.43. The fourth-order valence-corrected chi connectivity index (χ4v) is 3.83. The molecule has 2 aliphatic heterocycles. The third-order valence-corrected chi connectivity index (χ3v) is 5.25. The van der Waals surface area contributed by atoms with Crippen LogP contribution in [-0.4, -0.2) is 63.8 Å². The molecule has 0 spiro atoms. The molecule has 5 heterocycles. The van der Waals surface area contributed by atoms with E-state index in [4.69, 9.17) is 9.26 Å². The SMILES string of the molecule is O=C(c1cc(N2CCOCC2)no1)N1CCc2[nH]cnc2C1c1ccncc1. The van der Waals surface area contributed by atoms with Gasteiger partial charge < -0.3 is 24.0 Å². The molecule has 0 saturated carbocycles. The lowest BCUT2D eigenvalue weighted by atomic mass is 9.96. The van der Waals surface area contributed by atoms with Crippen LogP contribution in [0.25, 0.3) is 0 Å². The predicted octanol–water partition coefficient (Wildman–Crippen LogP) is 1.42. The predicted molar refractivity (Wildman–Crippen MR) is 98.9 cm³/mol. The first-order chi connectivity index (χ1) is 13.8. The van der Waals surface area contributed by atoms with Crippen molar-refractivity contribution >= 4 is 11.7 Å². The zero-order valence-electron chi connectivity index (χ0n) is 15.2.